The van der Waals surface area contributed by atoms with E-state index in [0.29, 0.717) is 28.6 Å². The predicted octanol–water partition coefficient (Wildman–Crippen LogP) is 4.53. The molecule has 140 valence electrons. The van der Waals surface area contributed by atoms with Crippen molar-refractivity contribution in [3.8, 4) is 0 Å². The Kier molecular flexibility index (Phi) is 5.95. The van der Waals surface area contributed by atoms with Crippen molar-refractivity contribution in [3.63, 3.8) is 0 Å². The van der Waals surface area contributed by atoms with Gasteiger partial charge in [0.2, 0.25) is 0 Å². The molecule has 3 rings (SSSR count). The summed E-state index contributed by atoms with van der Waals surface area (Å²) in [5.41, 5.74) is 1.54. The number of furan rings is 1. The average Bonchev–Trinajstić information content (AvgIpc) is 3.05. The third-order valence-corrected chi connectivity index (χ3v) is 3.82. The third kappa shape index (κ3) is 4.99. The van der Waals surface area contributed by atoms with E-state index >= 15 is 0 Å². The highest BCUT2D eigenvalue weighted by Gasteiger charge is 2.13. The molecule has 2 aromatic carbocycles. The number of hydrogen-bond donors (Lipinski definition) is 2. The molecule has 0 spiro atoms. The molecule has 0 saturated heterocycles. The second kappa shape index (κ2) is 8.57. The van der Waals surface area contributed by atoms with Crippen molar-refractivity contribution in [3.05, 3.63) is 59.3 Å². The summed E-state index contributed by atoms with van der Waals surface area (Å²) in [4.78, 5) is 24.1. The summed E-state index contributed by atoms with van der Waals surface area (Å²) in [6, 6.07) is 13.4. The Morgan fingerprint density at radius 2 is 1.81 bits per heavy atom. The van der Waals surface area contributed by atoms with Gasteiger partial charge in [0.05, 0.1) is 6.61 Å². The van der Waals surface area contributed by atoms with Crippen molar-refractivity contribution in [2.45, 2.75) is 0 Å². The van der Waals surface area contributed by atoms with Crippen molar-refractivity contribution < 1.29 is 23.5 Å². The Morgan fingerprint density at radius 3 is 2.59 bits per heavy atom. The van der Waals surface area contributed by atoms with E-state index in [1.807, 2.05) is 0 Å². The van der Waals surface area contributed by atoms with Crippen LogP contribution < -0.4 is 10.6 Å². The molecule has 0 aliphatic rings. The van der Waals surface area contributed by atoms with Crippen molar-refractivity contribution in [1.29, 1.82) is 0 Å². The smallest absolute Gasteiger partial charge is 0.411 e. The predicted molar refractivity (Wildman–Crippen MR) is 102 cm³/mol. The molecule has 0 fully saturated rings. The molecule has 0 bridgehead atoms. The fraction of sp³-hybridized carbons (Fsp3) is 0.158. The number of hydrogen-bond acceptors (Lipinski definition) is 5. The van der Waals surface area contributed by atoms with Crippen LogP contribution in [0.15, 0.2) is 52.9 Å². The number of ether oxygens (including phenoxy) is 2. The molecule has 8 heteroatoms. The highest BCUT2D eigenvalue weighted by molar-refractivity contribution is 6.31. The molecule has 0 unspecified atom stereocenters. The standard InChI is InChI=1S/C19H17ClN2O5/c1-25-7-8-26-19(24)22-15-4-2-3-14(11-15)21-18(23)17-10-12-9-13(20)5-6-16(12)27-17/h2-6,9-11H,7-8H2,1H3,(H,21,23)(H,22,24). The molecule has 7 nitrogen and oxygen atoms in total. The Bertz CT molecular complexity index is 970. The van der Waals surface area contributed by atoms with E-state index in [9.17, 15) is 9.59 Å². The Hall–Kier alpha value is -3.03. The number of halogens is 1. The van der Waals surface area contributed by atoms with Gasteiger partial charge in [0.25, 0.3) is 5.91 Å². The van der Waals surface area contributed by atoms with Crippen LogP contribution in [-0.2, 0) is 9.47 Å². The fourth-order valence-corrected chi connectivity index (χ4v) is 2.55. The zero-order chi connectivity index (χ0) is 19.2. The molecule has 2 N–H and O–H groups in total. The molecule has 1 heterocycles. The van der Waals surface area contributed by atoms with E-state index in [1.54, 1.807) is 48.5 Å². The van der Waals surface area contributed by atoms with E-state index in [1.165, 1.54) is 7.11 Å². The normalized spacial score (nSPS) is 10.6. The summed E-state index contributed by atoms with van der Waals surface area (Å²) in [6.45, 7) is 0.459. The molecular weight excluding hydrogens is 372 g/mol. The van der Waals surface area contributed by atoms with E-state index in [2.05, 4.69) is 10.6 Å². The van der Waals surface area contributed by atoms with Gasteiger partial charge in [-0.1, -0.05) is 17.7 Å². The van der Waals surface area contributed by atoms with Crippen molar-refractivity contribution in [2.24, 2.45) is 0 Å². The molecule has 3 aromatic rings. The minimum atomic E-state index is -0.607. The van der Waals surface area contributed by atoms with E-state index in [-0.39, 0.29) is 12.4 Å². The van der Waals surface area contributed by atoms with Gasteiger partial charge in [-0.3, -0.25) is 10.1 Å². The van der Waals surface area contributed by atoms with E-state index < -0.39 is 12.0 Å². The number of carbonyl (C=O) groups is 2. The van der Waals surface area contributed by atoms with Gasteiger partial charge < -0.3 is 19.2 Å². The van der Waals surface area contributed by atoms with Crippen LogP contribution in [0.2, 0.25) is 5.02 Å². The lowest BCUT2D eigenvalue weighted by Crippen LogP contribution is -2.16. The number of amides is 2. The van der Waals surface area contributed by atoms with Gasteiger partial charge in [0.15, 0.2) is 5.76 Å². The Balaban J connectivity index is 1.66. The van der Waals surface area contributed by atoms with Gasteiger partial charge >= 0.3 is 6.09 Å². The zero-order valence-electron chi connectivity index (χ0n) is 14.5. The van der Waals surface area contributed by atoms with Crippen LogP contribution in [0.3, 0.4) is 0 Å². The van der Waals surface area contributed by atoms with Crippen LogP contribution in [0, 0.1) is 0 Å². The summed E-state index contributed by atoms with van der Waals surface area (Å²) in [6.07, 6.45) is -0.607. The Labute approximate surface area is 160 Å². The highest BCUT2D eigenvalue weighted by Crippen LogP contribution is 2.24. The van der Waals surface area contributed by atoms with Crippen molar-refractivity contribution in [2.75, 3.05) is 31.0 Å². The number of benzene rings is 2. The van der Waals surface area contributed by atoms with Crippen LogP contribution in [-0.4, -0.2) is 32.3 Å². The highest BCUT2D eigenvalue weighted by atomic mass is 35.5. The largest absolute Gasteiger partial charge is 0.451 e. The van der Waals surface area contributed by atoms with Gasteiger partial charge in [-0.05, 0) is 42.5 Å². The monoisotopic (exact) mass is 388 g/mol. The summed E-state index contributed by atoms with van der Waals surface area (Å²) < 4.78 is 15.3. The fourth-order valence-electron chi connectivity index (χ4n) is 2.37. The van der Waals surface area contributed by atoms with Crippen LogP contribution in [0.1, 0.15) is 10.6 Å². The number of carbonyl (C=O) groups excluding carboxylic acids is 2. The molecule has 27 heavy (non-hydrogen) atoms. The first-order chi connectivity index (χ1) is 13.0. The van der Waals surface area contributed by atoms with Gasteiger partial charge in [0, 0.05) is 28.9 Å². The molecule has 0 radical (unpaired) electrons. The maximum Gasteiger partial charge on any atom is 0.411 e. The number of rotatable bonds is 6. The quantitative estimate of drug-likeness (QED) is 0.605. The van der Waals surface area contributed by atoms with Crippen LogP contribution in [0.4, 0.5) is 16.2 Å². The first kappa shape index (κ1) is 18.8. The first-order valence-corrected chi connectivity index (χ1v) is 8.46. The molecule has 0 aliphatic carbocycles. The third-order valence-electron chi connectivity index (χ3n) is 3.59. The second-order valence-corrected chi connectivity index (χ2v) is 6.02. The maximum atomic E-state index is 12.4. The lowest BCUT2D eigenvalue weighted by atomic mass is 10.2. The van der Waals surface area contributed by atoms with Gasteiger partial charge in [-0.2, -0.15) is 0 Å². The van der Waals surface area contributed by atoms with Gasteiger partial charge in [-0.25, -0.2) is 4.79 Å². The number of fused-ring (bicyclic) bond motifs is 1. The summed E-state index contributed by atoms with van der Waals surface area (Å²) >= 11 is 5.94. The zero-order valence-corrected chi connectivity index (χ0v) is 15.2. The minimum absolute atomic E-state index is 0.148. The lowest BCUT2D eigenvalue weighted by molar-refractivity contribution is 0.0998. The summed E-state index contributed by atoms with van der Waals surface area (Å²) in [5, 5.41) is 6.60. The van der Waals surface area contributed by atoms with Crippen LogP contribution in [0.5, 0.6) is 0 Å². The van der Waals surface area contributed by atoms with Crippen molar-refractivity contribution in [1.82, 2.24) is 0 Å². The summed E-state index contributed by atoms with van der Waals surface area (Å²) in [5.74, 6) is -0.258. The SMILES string of the molecule is COCCOC(=O)Nc1cccc(NC(=O)c2cc3cc(Cl)ccc3o2)c1. The molecule has 2 amide bonds. The maximum absolute atomic E-state index is 12.4. The van der Waals surface area contributed by atoms with Gasteiger partial charge in [0.1, 0.15) is 12.2 Å². The second-order valence-electron chi connectivity index (χ2n) is 5.58. The molecule has 1 aromatic heterocycles. The molecule has 0 atom stereocenters. The van der Waals surface area contributed by atoms with E-state index in [0.717, 1.165) is 5.39 Å². The van der Waals surface area contributed by atoms with Crippen LogP contribution in [0.25, 0.3) is 11.0 Å². The number of nitrogens with one attached hydrogen (secondary N) is 2. The van der Waals surface area contributed by atoms with Crippen molar-refractivity contribution >= 4 is 45.9 Å². The van der Waals surface area contributed by atoms with Crippen LogP contribution >= 0.6 is 11.6 Å². The molecule has 0 saturated carbocycles. The number of anilines is 2. The van der Waals surface area contributed by atoms with E-state index in [4.69, 9.17) is 25.5 Å². The topological polar surface area (TPSA) is 89.8 Å². The number of methoxy groups -OCH3 is 1. The Morgan fingerprint density at radius 1 is 1.04 bits per heavy atom. The summed E-state index contributed by atoms with van der Waals surface area (Å²) in [7, 11) is 1.52. The molecule has 0 aliphatic heterocycles. The molecular formula is C19H17ClN2O5. The average molecular weight is 389 g/mol. The minimum Gasteiger partial charge on any atom is -0.451 e. The van der Waals surface area contributed by atoms with Gasteiger partial charge in [-0.15, -0.1) is 0 Å². The first-order valence-electron chi connectivity index (χ1n) is 8.08. The lowest BCUT2D eigenvalue weighted by Gasteiger charge is -2.08.